The fourth-order valence-electron chi connectivity index (χ4n) is 5.56. The Labute approximate surface area is 224 Å². The Morgan fingerprint density at radius 2 is 1.55 bits per heavy atom. The van der Waals surface area contributed by atoms with Gasteiger partial charge in [0.2, 0.25) is 5.91 Å². The van der Waals surface area contributed by atoms with Crippen LogP contribution in [0.15, 0.2) is 70.6 Å². The van der Waals surface area contributed by atoms with Gasteiger partial charge in [-0.15, -0.1) is 0 Å². The third-order valence-electron chi connectivity index (χ3n) is 7.46. The number of hydrogen-bond donors (Lipinski definition) is 0. The van der Waals surface area contributed by atoms with E-state index in [1.807, 2.05) is 25.1 Å². The van der Waals surface area contributed by atoms with Gasteiger partial charge >= 0.3 is 0 Å². The van der Waals surface area contributed by atoms with E-state index in [9.17, 15) is 13.2 Å². The van der Waals surface area contributed by atoms with Crippen molar-refractivity contribution in [1.29, 1.82) is 0 Å². The van der Waals surface area contributed by atoms with E-state index in [2.05, 4.69) is 6.07 Å². The van der Waals surface area contributed by atoms with Crippen molar-refractivity contribution in [2.24, 2.45) is 4.99 Å². The molecule has 1 amide bonds. The number of carbonyl (C=O) groups excluding carboxylic acids is 1. The smallest absolute Gasteiger partial charge is 0.270 e. The Morgan fingerprint density at radius 1 is 0.921 bits per heavy atom. The molecule has 1 aliphatic heterocycles. The molecule has 5 rings (SSSR count). The molecule has 2 atom stereocenters. The van der Waals surface area contributed by atoms with E-state index in [1.165, 1.54) is 31.0 Å². The van der Waals surface area contributed by atoms with E-state index in [0.29, 0.717) is 17.4 Å². The van der Waals surface area contributed by atoms with Gasteiger partial charge in [0, 0.05) is 24.0 Å². The van der Waals surface area contributed by atoms with Gasteiger partial charge in [0.15, 0.2) is 11.5 Å². The van der Waals surface area contributed by atoms with Crippen LogP contribution in [0.25, 0.3) is 0 Å². The fraction of sp³-hybridized carbons (Fsp3) is 0.333. The zero-order valence-electron chi connectivity index (χ0n) is 22.1. The van der Waals surface area contributed by atoms with E-state index >= 15 is 0 Å². The molecular formula is C30H32N2O5S. The minimum atomic E-state index is -4.07. The molecule has 198 valence electrons. The summed E-state index contributed by atoms with van der Waals surface area (Å²) in [5.41, 5.74) is 5.10. The molecule has 0 N–H and O–H groups in total. The van der Waals surface area contributed by atoms with Gasteiger partial charge in [-0.2, -0.15) is 0 Å². The topological polar surface area (TPSA) is 85.3 Å². The summed E-state index contributed by atoms with van der Waals surface area (Å²) in [6, 6.07) is 17.7. The highest BCUT2D eigenvalue weighted by atomic mass is 32.2. The average molecular weight is 533 g/mol. The van der Waals surface area contributed by atoms with Crippen LogP contribution in [-0.2, 0) is 14.8 Å². The zero-order chi connectivity index (χ0) is 27.0. The molecule has 1 aliphatic carbocycles. The van der Waals surface area contributed by atoms with E-state index in [0.717, 1.165) is 46.0 Å². The highest BCUT2D eigenvalue weighted by molar-refractivity contribution is 7.93. The van der Waals surface area contributed by atoms with Crippen molar-refractivity contribution < 1.29 is 22.7 Å². The van der Waals surface area contributed by atoms with Crippen LogP contribution in [0, 0.1) is 6.92 Å². The van der Waals surface area contributed by atoms with Gasteiger partial charge < -0.3 is 9.47 Å². The summed E-state index contributed by atoms with van der Waals surface area (Å²) >= 11 is 0. The quantitative estimate of drug-likeness (QED) is 0.411. The van der Waals surface area contributed by atoms with Gasteiger partial charge in [0.1, 0.15) is 0 Å². The molecule has 8 heteroatoms. The van der Waals surface area contributed by atoms with Gasteiger partial charge in [-0.1, -0.05) is 42.7 Å². The summed E-state index contributed by atoms with van der Waals surface area (Å²) in [6.45, 7) is 3.13. The lowest BCUT2D eigenvalue weighted by Crippen LogP contribution is -2.35. The largest absolute Gasteiger partial charge is 0.493 e. The van der Waals surface area contributed by atoms with Crippen LogP contribution >= 0.6 is 0 Å². The van der Waals surface area contributed by atoms with Crippen molar-refractivity contribution in [1.82, 2.24) is 0 Å². The maximum atomic E-state index is 13.4. The summed E-state index contributed by atoms with van der Waals surface area (Å²) in [7, 11) is -0.804. The van der Waals surface area contributed by atoms with Crippen molar-refractivity contribution in [2.75, 3.05) is 18.5 Å². The Balaban J connectivity index is 1.56. The fourth-order valence-corrected chi connectivity index (χ4v) is 6.99. The highest BCUT2D eigenvalue weighted by Gasteiger charge is 2.35. The number of aryl methyl sites for hydroxylation is 1. The standard InChI is InChI=1S/C30H32N2O5S/c1-19-9-15-23(16-10-19)38(34,35)32(20(2)33)22-13-11-21(12-14-22)30-26-18-29(37-4)28(36-3)17-25(26)24-7-5-6-8-27(24)31-30/h9-18,24,27H,5-8H2,1-4H3/t24-,27-/m1/s1. The normalized spacial score (nSPS) is 18.6. The van der Waals surface area contributed by atoms with Crippen LogP contribution in [0.2, 0.25) is 0 Å². The van der Waals surface area contributed by atoms with Crippen molar-refractivity contribution in [3.63, 3.8) is 0 Å². The van der Waals surface area contributed by atoms with Gasteiger partial charge in [-0.3, -0.25) is 9.79 Å². The maximum absolute atomic E-state index is 13.4. The van der Waals surface area contributed by atoms with E-state index < -0.39 is 15.9 Å². The van der Waals surface area contributed by atoms with Crippen molar-refractivity contribution in [3.05, 3.63) is 82.9 Å². The van der Waals surface area contributed by atoms with Gasteiger partial charge in [-0.25, -0.2) is 12.7 Å². The molecule has 0 saturated heterocycles. The number of rotatable bonds is 6. The number of benzene rings is 3. The zero-order valence-corrected chi connectivity index (χ0v) is 22.9. The lowest BCUT2D eigenvalue weighted by atomic mass is 9.75. The molecule has 0 radical (unpaired) electrons. The second kappa shape index (κ2) is 10.3. The lowest BCUT2D eigenvalue weighted by Gasteiger charge is -2.36. The number of fused-ring (bicyclic) bond motifs is 3. The first kappa shape index (κ1) is 26.0. The molecular weight excluding hydrogens is 500 g/mol. The molecule has 38 heavy (non-hydrogen) atoms. The van der Waals surface area contributed by atoms with Gasteiger partial charge in [0.05, 0.1) is 36.6 Å². The Hall–Kier alpha value is -3.65. The summed E-state index contributed by atoms with van der Waals surface area (Å²) in [4.78, 5) is 17.8. The minimum absolute atomic E-state index is 0.0670. The Bertz CT molecular complexity index is 1490. The molecule has 3 aromatic carbocycles. The van der Waals surface area contributed by atoms with Crippen molar-refractivity contribution in [2.45, 2.75) is 56.4 Å². The van der Waals surface area contributed by atoms with Crippen LogP contribution in [0.1, 0.15) is 60.8 Å². The van der Waals surface area contributed by atoms with Crippen LogP contribution in [-0.4, -0.2) is 40.3 Å². The number of methoxy groups -OCH3 is 2. The maximum Gasteiger partial charge on any atom is 0.270 e. The van der Waals surface area contributed by atoms with Crippen LogP contribution in [0.4, 0.5) is 5.69 Å². The van der Waals surface area contributed by atoms with Crippen LogP contribution < -0.4 is 13.8 Å². The molecule has 1 saturated carbocycles. The number of nitrogens with zero attached hydrogens (tertiary/aromatic N) is 2. The first-order chi connectivity index (χ1) is 18.2. The van der Waals surface area contributed by atoms with Gasteiger partial charge in [-0.05, 0) is 61.7 Å². The van der Waals surface area contributed by atoms with Gasteiger partial charge in [0.25, 0.3) is 10.0 Å². The molecule has 2 aliphatic rings. The third-order valence-corrected chi connectivity index (χ3v) is 9.27. The first-order valence-electron chi connectivity index (χ1n) is 12.8. The summed E-state index contributed by atoms with van der Waals surface area (Å²) in [5.74, 6) is 1.08. The monoisotopic (exact) mass is 532 g/mol. The Kier molecular flexibility index (Phi) is 7.01. The first-order valence-corrected chi connectivity index (χ1v) is 14.3. The predicted octanol–water partition coefficient (Wildman–Crippen LogP) is 5.63. The third kappa shape index (κ3) is 4.58. The van der Waals surface area contributed by atoms with Crippen LogP contribution in [0.3, 0.4) is 0 Å². The number of aliphatic imine (C=N–C) groups is 1. The van der Waals surface area contributed by atoms with E-state index in [-0.39, 0.29) is 16.6 Å². The summed E-state index contributed by atoms with van der Waals surface area (Å²) in [5, 5.41) is 0. The average Bonchev–Trinajstić information content (AvgIpc) is 2.92. The molecule has 0 bridgehead atoms. The Morgan fingerprint density at radius 3 is 2.18 bits per heavy atom. The number of carbonyl (C=O) groups is 1. The van der Waals surface area contributed by atoms with Crippen LogP contribution in [0.5, 0.6) is 11.5 Å². The second-order valence-electron chi connectivity index (χ2n) is 9.88. The molecule has 1 fully saturated rings. The lowest BCUT2D eigenvalue weighted by molar-refractivity contribution is -0.115. The number of anilines is 1. The molecule has 1 heterocycles. The van der Waals surface area contributed by atoms with E-state index in [1.54, 1.807) is 38.5 Å². The highest BCUT2D eigenvalue weighted by Crippen LogP contribution is 2.45. The van der Waals surface area contributed by atoms with E-state index in [4.69, 9.17) is 14.5 Å². The number of hydrogen-bond acceptors (Lipinski definition) is 6. The molecule has 0 spiro atoms. The second-order valence-corrected chi connectivity index (χ2v) is 11.7. The predicted molar refractivity (Wildman–Crippen MR) is 148 cm³/mol. The SMILES string of the molecule is COc1cc2c(cc1OC)[C@H]1CCCC[C@H]1N=C2c1ccc(N(C(C)=O)S(=O)(=O)c2ccc(C)cc2)cc1. The summed E-state index contributed by atoms with van der Waals surface area (Å²) < 4.78 is 38.8. The number of amides is 1. The number of ether oxygens (including phenoxy) is 2. The molecule has 0 aromatic heterocycles. The van der Waals surface area contributed by atoms with Crippen molar-refractivity contribution in [3.8, 4) is 11.5 Å². The molecule has 0 unspecified atom stereocenters. The number of sulfonamides is 1. The van der Waals surface area contributed by atoms with Crippen molar-refractivity contribution >= 4 is 27.3 Å². The minimum Gasteiger partial charge on any atom is -0.493 e. The molecule has 7 nitrogen and oxygen atoms in total. The molecule has 3 aromatic rings. The summed E-state index contributed by atoms with van der Waals surface area (Å²) in [6.07, 6.45) is 4.41.